The average Bonchev–Trinajstić information content (AvgIpc) is 2.40. The Hall–Kier alpha value is -1.30. The van der Waals surface area contributed by atoms with Gasteiger partial charge in [0.05, 0.1) is 19.3 Å². The standard InChI is InChI=1S/C14H19F2NO2/c1-2-3-7-19-8-6-17-10-14(18)11-4-5-12(15)13(16)9-11/h2,4-5,9,14,17-18H,1,3,6-8,10H2. The maximum atomic E-state index is 13.0. The maximum Gasteiger partial charge on any atom is 0.159 e. The predicted molar refractivity (Wildman–Crippen MR) is 69.8 cm³/mol. The predicted octanol–water partition coefficient (Wildman–Crippen LogP) is 2.18. The fraction of sp³-hybridized carbons (Fsp3) is 0.429. The van der Waals surface area contributed by atoms with Crippen LogP contribution < -0.4 is 5.32 Å². The molecule has 0 radical (unpaired) electrons. The lowest BCUT2D eigenvalue weighted by molar-refractivity contribution is 0.131. The second-order valence-corrected chi connectivity index (χ2v) is 4.08. The summed E-state index contributed by atoms with van der Waals surface area (Å²) < 4.78 is 31.0. The third-order valence-electron chi connectivity index (χ3n) is 2.56. The summed E-state index contributed by atoms with van der Waals surface area (Å²) in [5.41, 5.74) is 0.346. The third kappa shape index (κ3) is 5.92. The molecule has 5 heteroatoms. The van der Waals surface area contributed by atoms with Crippen molar-refractivity contribution in [3.63, 3.8) is 0 Å². The van der Waals surface area contributed by atoms with Crippen LogP contribution in [0.1, 0.15) is 18.1 Å². The Labute approximate surface area is 111 Å². The Morgan fingerprint density at radius 2 is 2.11 bits per heavy atom. The molecule has 0 saturated carbocycles. The second kappa shape index (κ2) is 8.74. The van der Waals surface area contributed by atoms with Crippen molar-refractivity contribution >= 4 is 0 Å². The first kappa shape index (κ1) is 15.8. The van der Waals surface area contributed by atoms with E-state index in [0.717, 1.165) is 18.6 Å². The van der Waals surface area contributed by atoms with Gasteiger partial charge < -0.3 is 15.2 Å². The van der Waals surface area contributed by atoms with E-state index >= 15 is 0 Å². The van der Waals surface area contributed by atoms with Crippen molar-refractivity contribution in [3.05, 3.63) is 48.1 Å². The number of aliphatic hydroxyl groups is 1. The first-order chi connectivity index (χ1) is 9.15. The normalized spacial score (nSPS) is 12.4. The minimum atomic E-state index is -0.954. The second-order valence-electron chi connectivity index (χ2n) is 4.08. The average molecular weight is 271 g/mol. The fourth-order valence-electron chi connectivity index (χ4n) is 1.49. The zero-order valence-corrected chi connectivity index (χ0v) is 10.7. The van der Waals surface area contributed by atoms with Crippen molar-refractivity contribution < 1.29 is 18.6 Å². The molecule has 3 nitrogen and oxygen atoms in total. The Kier molecular flexibility index (Phi) is 7.25. The van der Waals surface area contributed by atoms with Crippen LogP contribution >= 0.6 is 0 Å². The van der Waals surface area contributed by atoms with Crippen LogP contribution in [0.15, 0.2) is 30.9 Å². The van der Waals surface area contributed by atoms with E-state index in [2.05, 4.69) is 11.9 Å². The molecule has 1 unspecified atom stereocenters. The third-order valence-corrected chi connectivity index (χ3v) is 2.56. The molecule has 1 rings (SSSR count). The summed E-state index contributed by atoms with van der Waals surface area (Å²) in [6.45, 7) is 5.57. The van der Waals surface area contributed by atoms with Gasteiger partial charge in [0, 0.05) is 13.1 Å². The lowest BCUT2D eigenvalue weighted by Gasteiger charge is -2.12. The van der Waals surface area contributed by atoms with Crippen molar-refractivity contribution in [2.45, 2.75) is 12.5 Å². The lowest BCUT2D eigenvalue weighted by atomic mass is 10.1. The summed E-state index contributed by atoms with van der Waals surface area (Å²) in [5, 5.41) is 12.7. The van der Waals surface area contributed by atoms with Gasteiger partial charge in [0.2, 0.25) is 0 Å². The Morgan fingerprint density at radius 3 is 2.79 bits per heavy atom. The number of aliphatic hydroxyl groups excluding tert-OH is 1. The molecule has 0 amide bonds. The van der Waals surface area contributed by atoms with Crippen molar-refractivity contribution in [1.82, 2.24) is 5.32 Å². The van der Waals surface area contributed by atoms with Gasteiger partial charge >= 0.3 is 0 Å². The summed E-state index contributed by atoms with van der Waals surface area (Å²) in [4.78, 5) is 0. The van der Waals surface area contributed by atoms with Gasteiger partial charge in [0.1, 0.15) is 0 Å². The number of hydrogen-bond donors (Lipinski definition) is 2. The topological polar surface area (TPSA) is 41.5 Å². The van der Waals surface area contributed by atoms with Crippen molar-refractivity contribution in [2.75, 3.05) is 26.3 Å². The van der Waals surface area contributed by atoms with Crippen LogP contribution in [0.5, 0.6) is 0 Å². The van der Waals surface area contributed by atoms with Gasteiger partial charge in [0.15, 0.2) is 11.6 Å². The Bertz CT molecular complexity index is 399. The zero-order chi connectivity index (χ0) is 14.1. The minimum Gasteiger partial charge on any atom is -0.387 e. The van der Waals surface area contributed by atoms with Gasteiger partial charge in [-0.05, 0) is 24.1 Å². The monoisotopic (exact) mass is 271 g/mol. The molecule has 1 aromatic rings. The van der Waals surface area contributed by atoms with E-state index in [-0.39, 0.29) is 6.54 Å². The maximum absolute atomic E-state index is 13.0. The van der Waals surface area contributed by atoms with E-state index in [1.165, 1.54) is 6.07 Å². The van der Waals surface area contributed by atoms with E-state index in [9.17, 15) is 13.9 Å². The summed E-state index contributed by atoms with van der Waals surface area (Å²) in [7, 11) is 0. The Morgan fingerprint density at radius 1 is 1.32 bits per heavy atom. The van der Waals surface area contributed by atoms with Crippen LogP contribution in [0.4, 0.5) is 8.78 Å². The highest BCUT2D eigenvalue weighted by atomic mass is 19.2. The summed E-state index contributed by atoms with van der Waals surface area (Å²) >= 11 is 0. The van der Waals surface area contributed by atoms with Gasteiger partial charge in [-0.25, -0.2) is 8.78 Å². The minimum absolute atomic E-state index is 0.260. The molecular formula is C14H19F2NO2. The molecule has 1 atom stereocenters. The van der Waals surface area contributed by atoms with Gasteiger partial charge in [-0.1, -0.05) is 12.1 Å². The highest BCUT2D eigenvalue weighted by molar-refractivity contribution is 5.20. The highest BCUT2D eigenvalue weighted by Crippen LogP contribution is 2.15. The van der Waals surface area contributed by atoms with Crippen LogP contribution in [0, 0.1) is 11.6 Å². The number of hydrogen-bond acceptors (Lipinski definition) is 3. The molecule has 0 saturated heterocycles. The molecule has 0 spiro atoms. The molecule has 2 N–H and O–H groups in total. The molecular weight excluding hydrogens is 252 g/mol. The van der Waals surface area contributed by atoms with Gasteiger partial charge in [-0.3, -0.25) is 0 Å². The van der Waals surface area contributed by atoms with E-state index in [1.54, 1.807) is 6.08 Å². The van der Waals surface area contributed by atoms with Gasteiger partial charge in [0.25, 0.3) is 0 Å². The molecule has 19 heavy (non-hydrogen) atoms. The van der Waals surface area contributed by atoms with Crippen LogP contribution in [-0.4, -0.2) is 31.4 Å². The first-order valence-corrected chi connectivity index (χ1v) is 6.17. The van der Waals surface area contributed by atoms with Gasteiger partial charge in [-0.15, -0.1) is 6.58 Å². The summed E-state index contributed by atoms with van der Waals surface area (Å²) in [6, 6.07) is 3.37. The zero-order valence-electron chi connectivity index (χ0n) is 10.7. The van der Waals surface area contributed by atoms with Crippen LogP contribution in [-0.2, 0) is 4.74 Å². The number of nitrogens with one attached hydrogen (secondary N) is 1. The van der Waals surface area contributed by atoms with Crippen LogP contribution in [0.2, 0.25) is 0 Å². The molecule has 0 fully saturated rings. The Balaban J connectivity index is 2.21. The van der Waals surface area contributed by atoms with Crippen molar-refractivity contribution in [2.24, 2.45) is 0 Å². The largest absolute Gasteiger partial charge is 0.387 e. The molecule has 0 aliphatic rings. The summed E-state index contributed by atoms with van der Waals surface area (Å²) in [5.74, 6) is -1.87. The van der Waals surface area contributed by atoms with Crippen LogP contribution in [0.3, 0.4) is 0 Å². The molecule has 0 aliphatic heterocycles. The molecule has 0 aromatic heterocycles. The molecule has 1 aromatic carbocycles. The van der Waals surface area contributed by atoms with E-state index in [0.29, 0.717) is 25.3 Å². The number of ether oxygens (including phenoxy) is 1. The van der Waals surface area contributed by atoms with Crippen molar-refractivity contribution in [1.29, 1.82) is 0 Å². The molecule has 106 valence electrons. The SMILES string of the molecule is C=CCCOCCNCC(O)c1ccc(F)c(F)c1. The quantitative estimate of drug-likeness (QED) is 0.534. The van der Waals surface area contributed by atoms with Crippen LogP contribution in [0.25, 0.3) is 0 Å². The van der Waals surface area contributed by atoms with Gasteiger partial charge in [-0.2, -0.15) is 0 Å². The fourth-order valence-corrected chi connectivity index (χ4v) is 1.49. The smallest absolute Gasteiger partial charge is 0.159 e. The summed E-state index contributed by atoms with van der Waals surface area (Å²) in [6.07, 6.45) is 1.71. The lowest BCUT2D eigenvalue weighted by Crippen LogP contribution is -2.25. The van der Waals surface area contributed by atoms with E-state index < -0.39 is 17.7 Å². The molecule has 0 aliphatic carbocycles. The first-order valence-electron chi connectivity index (χ1n) is 6.17. The van der Waals surface area contributed by atoms with Crippen molar-refractivity contribution in [3.8, 4) is 0 Å². The number of benzene rings is 1. The number of rotatable bonds is 9. The molecule has 0 bridgehead atoms. The van der Waals surface area contributed by atoms with E-state index in [4.69, 9.17) is 4.74 Å². The highest BCUT2D eigenvalue weighted by Gasteiger charge is 2.10. The number of halogens is 2. The van der Waals surface area contributed by atoms with E-state index in [1.807, 2.05) is 0 Å². The molecule has 0 heterocycles.